The highest BCUT2D eigenvalue weighted by Gasteiger charge is 2.37. The maximum Gasteiger partial charge on any atom is 0.119 e. The van der Waals surface area contributed by atoms with Gasteiger partial charge < -0.3 is 9.84 Å². The van der Waals surface area contributed by atoms with E-state index in [9.17, 15) is 5.11 Å². The Morgan fingerprint density at radius 2 is 1.46 bits per heavy atom. The van der Waals surface area contributed by atoms with Crippen LogP contribution in [-0.4, -0.2) is 24.6 Å². The van der Waals surface area contributed by atoms with Crippen LogP contribution in [-0.2, 0) is 4.75 Å². The summed E-state index contributed by atoms with van der Waals surface area (Å²) < 4.78 is 5.02. The summed E-state index contributed by atoms with van der Waals surface area (Å²) in [6.07, 6.45) is 0. The number of methoxy groups -OCH3 is 1. The Labute approximate surface area is 159 Å². The normalized spacial score (nSPS) is 11.3. The van der Waals surface area contributed by atoms with E-state index in [1.165, 1.54) is 22.3 Å². The van der Waals surface area contributed by atoms with Crippen LogP contribution in [0.4, 0.5) is 0 Å². The Morgan fingerprint density at radius 3 is 1.92 bits per heavy atom. The molecule has 0 unspecified atom stereocenters. The van der Waals surface area contributed by atoms with Crippen LogP contribution in [0.15, 0.2) is 78.9 Å². The first-order valence-electron chi connectivity index (χ1n) is 8.73. The number of rotatable bonds is 7. The first-order chi connectivity index (χ1) is 12.7. The highest BCUT2D eigenvalue weighted by molar-refractivity contribution is 8.00. The number of aliphatic hydroxyl groups is 1. The lowest BCUT2D eigenvalue weighted by Crippen LogP contribution is -2.27. The Kier molecular flexibility index (Phi) is 6.02. The molecule has 26 heavy (non-hydrogen) atoms. The zero-order valence-corrected chi connectivity index (χ0v) is 16.0. The van der Waals surface area contributed by atoms with E-state index in [1.807, 2.05) is 18.2 Å². The topological polar surface area (TPSA) is 29.5 Å². The van der Waals surface area contributed by atoms with Crippen molar-refractivity contribution in [2.45, 2.75) is 11.7 Å². The molecule has 0 aromatic heterocycles. The largest absolute Gasteiger partial charge is 0.497 e. The fraction of sp³-hybridized carbons (Fsp3) is 0.217. The van der Waals surface area contributed by atoms with E-state index in [4.69, 9.17) is 4.74 Å². The second-order valence-electron chi connectivity index (χ2n) is 6.17. The van der Waals surface area contributed by atoms with Gasteiger partial charge in [0, 0.05) is 5.75 Å². The van der Waals surface area contributed by atoms with Gasteiger partial charge in [-0.2, -0.15) is 0 Å². The smallest absolute Gasteiger partial charge is 0.119 e. The molecule has 0 atom stereocenters. The molecule has 0 saturated heterocycles. The molecular weight excluding hydrogens is 340 g/mol. The number of aliphatic hydroxyl groups excluding tert-OH is 1. The van der Waals surface area contributed by atoms with Crippen LogP contribution in [0.3, 0.4) is 0 Å². The average molecular weight is 365 g/mol. The standard InChI is InChI=1S/C23H24O2S/c1-18-17-21(25-2)13-14-22(18)23(26-16-15-24,19-9-5-3-6-10-19)20-11-7-4-8-12-20/h3-14,17,24H,15-16H2,1-2H3. The van der Waals surface area contributed by atoms with Gasteiger partial charge in [-0.1, -0.05) is 66.7 Å². The first-order valence-corrected chi connectivity index (χ1v) is 9.72. The highest BCUT2D eigenvalue weighted by Crippen LogP contribution is 2.49. The predicted octanol–water partition coefficient (Wildman–Crippen LogP) is 5.02. The summed E-state index contributed by atoms with van der Waals surface area (Å²) >= 11 is 1.77. The van der Waals surface area contributed by atoms with Crippen LogP contribution in [0.5, 0.6) is 5.75 Å². The van der Waals surface area contributed by atoms with Gasteiger partial charge >= 0.3 is 0 Å². The van der Waals surface area contributed by atoms with Crippen molar-refractivity contribution >= 4 is 11.8 Å². The van der Waals surface area contributed by atoms with Crippen LogP contribution >= 0.6 is 11.8 Å². The summed E-state index contributed by atoms with van der Waals surface area (Å²) in [4.78, 5) is 0. The molecule has 0 radical (unpaired) electrons. The van der Waals surface area contributed by atoms with Crippen molar-refractivity contribution in [3.63, 3.8) is 0 Å². The second-order valence-corrected chi connectivity index (χ2v) is 7.48. The lowest BCUT2D eigenvalue weighted by Gasteiger charge is -2.36. The molecule has 2 nitrogen and oxygen atoms in total. The average Bonchev–Trinajstić information content (AvgIpc) is 2.71. The van der Waals surface area contributed by atoms with Gasteiger partial charge in [0.15, 0.2) is 0 Å². The summed E-state index contributed by atoms with van der Waals surface area (Å²) in [5.41, 5.74) is 4.80. The van der Waals surface area contributed by atoms with Crippen molar-refractivity contribution in [2.75, 3.05) is 19.5 Å². The molecule has 0 heterocycles. The van der Waals surface area contributed by atoms with Crippen LogP contribution in [0, 0.1) is 6.92 Å². The maximum absolute atomic E-state index is 9.58. The number of aryl methyl sites for hydroxylation is 1. The fourth-order valence-electron chi connectivity index (χ4n) is 3.42. The Morgan fingerprint density at radius 1 is 0.885 bits per heavy atom. The lowest BCUT2D eigenvalue weighted by atomic mass is 9.82. The molecule has 3 rings (SSSR count). The molecule has 0 fully saturated rings. The molecule has 3 aromatic rings. The third kappa shape index (κ3) is 3.50. The second kappa shape index (κ2) is 8.43. The van der Waals surface area contributed by atoms with Crippen molar-refractivity contribution in [1.29, 1.82) is 0 Å². The third-order valence-electron chi connectivity index (χ3n) is 4.58. The molecule has 0 aliphatic rings. The monoisotopic (exact) mass is 364 g/mol. The van der Waals surface area contributed by atoms with Crippen LogP contribution in [0.2, 0.25) is 0 Å². The highest BCUT2D eigenvalue weighted by atomic mass is 32.2. The van der Waals surface area contributed by atoms with E-state index in [0.29, 0.717) is 5.75 Å². The maximum atomic E-state index is 9.58. The van der Waals surface area contributed by atoms with E-state index >= 15 is 0 Å². The van der Waals surface area contributed by atoms with Gasteiger partial charge in [-0.3, -0.25) is 0 Å². The van der Waals surface area contributed by atoms with Gasteiger partial charge in [-0.25, -0.2) is 0 Å². The molecule has 0 bridgehead atoms. The zero-order chi connectivity index (χ0) is 18.4. The molecule has 0 aliphatic carbocycles. The predicted molar refractivity (Wildman–Crippen MR) is 110 cm³/mol. The molecule has 3 aromatic carbocycles. The van der Waals surface area contributed by atoms with Crippen LogP contribution in [0.1, 0.15) is 22.3 Å². The minimum absolute atomic E-state index is 0.140. The summed E-state index contributed by atoms with van der Waals surface area (Å²) in [7, 11) is 1.69. The van der Waals surface area contributed by atoms with Crippen molar-refractivity contribution in [3.8, 4) is 5.75 Å². The van der Waals surface area contributed by atoms with Gasteiger partial charge in [-0.15, -0.1) is 11.8 Å². The first kappa shape index (κ1) is 18.6. The van der Waals surface area contributed by atoms with Crippen molar-refractivity contribution in [3.05, 3.63) is 101 Å². The van der Waals surface area contributed by atoms with Gasteiger partial charge in [0.25, 0.3) is 0 Å². The quantitative estimate of drug-likeness (QED) is 0.597. The molecule has 134 valence electrons. The molecule has 3 heteroatoms. The van der Waals surface area contributed by atoms with Crippen molar-refractivity contribution < 1.29 is 9.84 Å². The molecular formula is C23H24O2S. The summed E-state index contributed by atoms with van der Waals surface area (Å²) in [6, 6.07) is 27.3. The zero-order valence-electron chi connectivity index (χ0n) is 15.2. The molecule has 0 saturated carbocycles. The lowest BCUT2D eigenvalue weighted by molar-refractivity contribution is 0.322. The number of hydrogen-bond acceptors (Lipinski definition) is 3. The van der Waals surface area contributed by atoms with E-state index in [-0.39, 0.29) is 11.4 Å². The number of thioether (sulfide) groups is 1. The van der Waals surface area contributed by atoms with E-state index in [0.717, 1.165) is 5.75 Å². The Bertz CT molecular complexity index is 792. The number of benzene rings is 3. The molecule has 1 N–H and O–H groups in total. The number of hydrogen-bond donors (Lipinski definition) is 1. The fourth-order valence-corrected chi connectivity index (χ4v) is 4.81. The molecule has 0 aliphatic heterocycles. The summed E-state index contributed by atoms with van der Waals surface area (Å²) in [5.74, 6) is 1.50. The van der Waals surface area contributed by atoms with Gasteiger partial charge in [-0.05, 0) is 41.3 Å². The van der Waals surface area contributed by atoms with Crippen molar-refractivity contribution in [2.24, 2.45) is 0 Å². The Balaban J connectivity index is 2.30. The van der Waals surface area contributed by atoms with Gasteiger partial charge in [0.2, 0.25) is 0 Å². The SMILES string of the molecule is COc1ccc(C(SCCO)(c2ccccc2)c2ccccc2)c(C)c1. The minimum Gasteiger partial charge on any atom is -0.497 e. The van der Waals surface area contributed by atoms with E-state index in [2.05, 4.69) is 67.6 Å². The minimum atomic E-state index is -0.387. The number of ether oxygens (including phenoxy) is 1. The summed E-state index contributed by atoms with van der Waals surface area (Å²) in [6.45, 7) is 2.26. The Hall–Kier alpha value is -2.23. The third-order valence-corrected chi connectivity index (χ3v) is 6.09. The molecule has 0 amide bonds. The van der Waals surface area contributed by atoms with Gasteiger partial charge in [0.05, 0.1) is 18.5 Å². The van der Waals surface area contributed by atoms with Crippen LogP contribution in [0.25, 0.3) is 0 Å². The summed E-state index contributed by atoms with van der Waals surface area (Å²) in [5, 5.41) is 9.58. The van der Waals surface area contributed by atoms with Crippen LogP contribution < -0.4 is 4.74 Å². The molecule has 0 spiro atoms. The van der Waals surface area contributed by atoms with E-state index < -0.39 is 0 Å². The van der Waals surface area contributed by atoms with E-state index in [1.54, 1.807) is 18.9 Å². The van der Waals surface area contributed by atoms with Gasteiger partial charge in [0.1, 0.15) is 5.75 Å². The van der Waals surface area contributed by atoms with Crippen molar-refractivity contribution in [1.82, 2.24) is 0 Å².